The molecule has 4 saturated carbocycles. The van der Waals surface area contributed by atoms with Crippen LogP contribution in [-0.4, -0.2) is 3.21 Å². The Hall–Kier alpha value is -2.31. The van der Waals surface area contributed by atoms with Crippen molar-refractivity contribution in [3.05, 3.63) is 155 Å². The molecule has 3 heteroatoms. The van der Waals surface area contributed by atoms with Crippen molar-refractivity contribution in [2.75, 3.05) is 0 Å². The summed E-state index contributed by atoms with van der Waals surface area (Å²) in [5.74, 6) is 5.77. The van der Waals surface area contributed by atoms with Gasteiger partial charge in [-0.25, -0.2) is 6.08 Å². The predicted molar refractivity (Wildman–Crippen MR) is 175 cm³/mol. The van der Waals surface area contributed by atoms with E-state index in [-0.39, 0.29) is 24.8 Å². The molecule has 6 aliphatic rings. The van der Waals surface area contributed by atoms with Crippen LogP contribution in [0.2, 0.25) is 0 Å². The molecule has 0 aliphatic heterocycles. The molecule has 0 spiro atoms. The first-order valence-electron chi connectivity index (χ1n) is 16.2. The van der Waals surface area contributed by atoms with E-state index in [1.807, 2.05) is 6.07 Å². The summed E-state index contributed by atoms with van der Waals surface area (Å²) in [7, 11) is 0. The minimum absolute atomic E-state index is 0. The summed E-state index contributed by atoms with van der Waals surface area (Å²) in [5, 5.41) is 0. The van der Waals surface area contributed by atoms with Gasteiger partial charge in [-0.2, -0.15) is 41.5 Å². The molecule has 1 atom stereocenters. The molecule has 45 heavy (non-hydrogen) atoms. The summed E-state index contributed by atoms with van der Waals surface area (Å²) < 4.78 is 1.42. The molecule has 6 aliphatic carbocycles. The second-order valence-corrected chi connectivity index (χ2v) is 14.5. The second-order valence-electron chi connectivity index (χ2n) is 13.2. The van der Waals surface area contributed by atoms with Crippen molar-refractivity contribution < 1.29 is 49.0 Å². The van der Waals surface area contributed by atoms with Gasteiger partial charge in [-0.3, -0.25) is 6.08 Å². The number of fused-ring (bicyclic) bond motifs is 3. The van der Waals surface area contributed by atoms with Gasteiger partial charge in [0, 0.05) is 0 Å². The van der Waals surface area contributed by atoms with E-state index in [1.165, 1.54) is 86.5 Å². The van der Waals surface area contributed by atoms with E-state index in [2.05, 4.69) is 128 Å². The summed E-state index contributed by atoms with van der Waals surface area (Å²) >= 11 is 1.46. The topological polar surface area (TPSA) is 0 Å². The molecule has 0 aromatic heterocycles. The average molecular weight is 707 g/mol. The van der Waals surface area contributed by atoms with Gasteiger partial charge in [0.15, 0.2) is 0 Å². The third kappa shape index (κ3) is 7.65. The van der Waals surface area contributed by atoms with Crippen molar-refractivity contribution in [3.8, 4) is 11.1 Å². The van der Waals surface area contributed by atoms with E-state index in [1.54, 1.807) is 12.0 Å². The molecule has 0 N–H and O–H groups in total. The van der Waals surface area contributed by atoms with Gasteiger partial charge in [0.05, 0.1) is 0 Å². The normalized spacial score (nSPS) is 25.6. The van der Waals surface area contributed by atoms with Crippen LogP contribution in [0.4, 0.5) is 0 Å². The van der Waals surface area contributed by atoms with Crippen molar-refractivity contribution in [1.82, 2.24) is 0 Å². The second kappa shape index (κ2) is 15.5. The summed E-state index contributed by atoms with van der Waals surface area (Å²) in [6.07, 6.45) is 17.0. The third-order valence-electron chi connectivity index (χ3n) is 10.3. The molecule has 0 nitrogen and oxygen atoms in total. The van der Waals surface area contributed by atoms with Crippen molar-refractivity contribution in [1.29, 1.82) is 0 Å². The first-order valence-corrected chi connectivity index (χ1v) is 17.4. The van der Waals surface area contributed by atoms with Crippen LogP contribution in [-0.2, 0) is 30.7 Å². The van der Waals surface area contributed by atoms with Crippen molar-refractivity contribution >= 4 is 3.21 Å². The van der Waals surface area contributed by atoms with Gasteiger partial charge in [-0.15, -0.1) is 5.56 Å². The van der Waals surface area contributed by atoms with E-state index >= 15 is 0 Å². The third-order valence-corrected chi connectivity index (χ3v) is 11.7. The van der Waals surface area contributed by atoms with Crippen LogP contribution in [0.5, 0.6) is 0 Å². The molecule has 0 radical (unpaired) electrons. The molecule has 4 aromatic carbocycles. The maximum atomic E-state index is 3.46. The van der Waals surface area contributed by atoms with Gasteiger partial charge in [-0.05, 0) is 62.2 Å². The van der Waals surface area contributed by atoms with Gasteiger partial charge >= 0.3 is 99.2 Å². The van der Waals surface area contributed by atoms with E-state index < -0.39 is 0 Å². The Morgan fingerprint density at radius 2 is 1.22 bits per heavy atom. The molecule has 0 heterocycles. The van der Waals surface area contributed by atoms with Gasteiger partial charge in [0.25, 0.3) is 0 Å². The Morgan fingerprint density at radius 1 is 0.667 bits per heavy atom. The molecular formula is C42H40Cl2Zr-2. The van der Waals surface area contributed by atoms with E-state index in [9.17, 15) is 0 Å². The molecule has 0 amide bonds. The van der Waals surface area contributed by atoms with E-state index in [0.29, 0.717) is 5.92 Å². The largest absolute Gasteiger partial charge is 0.179 e. The van der Waals surface area contributed by atoms with Crippen LogP contribution >= 0.6 is 0 Å². The molecule has 10 rings (SSSR count). The van der Waals surface area contributed by atoms with Crippen LogP contribution in [0.3, 0.4) is 0 Å². The van der Waals surface area contributed by atoms with Crippen LogP contribution in [0.25, 0.3) is 11.1 Å². The Bertz CT molecular complexity index is 1520. The Morgan fingerprint density at radius 3 is 1.80 bits per heavy atom. The number of allylic oxidation sites excluding steroid dienone is 4. The van der Waals surface area contributed by atoms with E-state index in [0.717, 1.165) is 36.0 Å². The van der Waals surface area contributed by atoms with Crippen LogP contribution in [0.1, 0.15) is 61.3 Å². The maximum Gasteiger partial charge on any atom is -0.0253 e. The first kappa shape index (κ1) is 34.0. The number of hydrogen-bond donors (Lipinski definition) is 0. The quantitative estimate of drug-likeness (QED) is 0.250. The molecule has 0 saturated heterocycles. The summed E-state index contributed by atoms with van der Waals surface area (Å²) in [5.41, 5.74) is 9.83. The fourth-order valence-electron chi connectivity index (χ4n) is 8.66. The van der Waals surface area contributed by atoms with Gasteiger partial charge < -0.3 is 24.8 Å². The molecule has 1 unspecified atom stereocenters. The van der Waals surface area contributed by atoms with Gasteiger partial charge in [0.1, 0.15) is 0 Å². The van der Waals surface area contributed by atoms with Crippen LogP contribution in [0.15, 0.2) is 121 Å². The monoisotopic (exact) mass is 704 g/mol. The smallest absolute Gasteiger partial charge is 0.0253 e. The summed E-state index contributed by atoms with van der Waals surface area (Å²) in [4.78, 5) is 0. The Kier molecular flexibility index (Phi) is 11.7. The minimum atomic E-state index is 0. The predicted octanol–water partition coefficient (Wildman–Crippen LogP) is 3.86. The van der Waals surface area contributed by atoms with Crippen LogP contribution in [0, 0.1) is 47.6 Å². The molecule has 4 aromatic rings. The Balaban J connectivity index is 0.000000131. The average Bonchev–Trinajstić information content (AvgIpc) is 3.65. The van der Waals surface area contributed by atoms with E-state index in [4.69, 9.17) is 0 Å². The van der Waals surface area contributed by atoms with Gasteiger partial charge in [0.2, 0.25) is 0 Å². The standard InChI is InChI=1S/C16H21.C13H9.C13H10.2ClH.Zr/c1-10-2-3-13(4-10)16-14-6-11-5-12(8-14)9-15(16)7-11;1-3-7-12-10(5-1)9-11-6-2-4-8-13(11)12;1-3-7-12(8-4-1)11-13-9-5-2-6-10-13;;;/h3-4,10-12,14-16H,5-9H2,1H3;1-5,7-8H,9H2;1-10H;2*1H;/q2*-1;;;;+2/p-2. The van der Waals surface area contributed by atoms with Crippen molar-refractivity contribution in [3.63, 3.8) is 0 Å². The number of hydrogen-bond acceptors (Lipinski definition) is 0. The molecule has 4 fully saturated rings. The molecule has 4 bridgehead atoms. The zero-order chi connectivity index (χ0) is 29.2. The SMILES string of the molecule is CC1[C-]=CC(C2C3CC4CC(C3)CC2C4)=C1.[Cl-].[Cl-].[Zr+2]=[C](c1ccccc1)c1ccccc1.[c-]1cccc2c1Cc1ccccc1-2. The van der Waals surface area contributed by atoms with Crippen LogP contribution < -0.4 is 24.8 Å². The summed E-state index contributed by atoms with van der Waals surface area (Å²) in [6.45, 7) is 2.26. The fourth-order valence-corrected chi connectivity index (χ4v) is 9.48. The maximum absolute atomic E-state index is 3.46. The zero-order valence-electron chi connectivity index (χ0n) is 25.9. The van der Waals surface area contributed by atoms with Crippen molar-refractivity contribution in [2.45, 2.75) is 45.4 Å². The first-order chi connectivity index (χ1) is 21.1. The van der Waals surface area contributed by atoms with Crippen molar-refractivity contribution in [2.24, 2.45) is 35.5 Å². The number of halogens is 2. The van der Waals surface area contributed by atoms with Gasteiger partial charge in [-0.1, -0.05) is 54.2 Å². The fraction of sp³-hybridized carbons (Fsp3) is 0.310. The Labute approximate surface area is 297 Å². The summed E-state index contributed by atoms with van der Waals surface area (Å²) in [6, 6.07) is 39.2. The molecular weight excluding hydrogens is 667 g/mol. The minimum Gasteiger partial charge on any atom is -0.179 e. The number of rotatable bonds is 3. The molecule has 228 valence electrons. The zero-order valence-corrected chi connectivity index (χ0v) is 29.9. The number of benzene rings is 4.